The Hall–Kier alpha value is -0.510. The van der Waals surface area contributed by atoms with E-state index in [2.05, 4.69) is 0 Å². The highest BCUT2D eigenvalue weighted by Crippen LogP contribution is 2.48. The molecule has 1 aliphatic rings. The zero-order valence-corrected chi connectivity index (χ0v) is 11.0. The standard InChI is InChI=1S/C13H22F2O2/c1-9(2)10(16)11(3,4)12(17)5-7-13(14,15)8-6-12/h9,17H,5-8H2,1-4H3. The molecule has 0 aromatic heterocycles. The molecule has 1 N–H and O–H groups in total. The summed E-state index contributed by atoms with van der Waals surface area (Å²) in [5.41, 5.74) is -2.26. The third-order valence-corrected chi connectivity index (χ3v) is 4.11. The van der Waals surface area contributed by atoms with Crippen molar-refractivity contribution < 1.29 is 18.7 Å². The maximum absolute atomic E-state index is 13.1. The van der Waals surface area contributed by atoms with Crippen LogP contribution in [0.2, 0.25) is 0 Å². The molecule has 0 aromatic rings. The molecule has 0 unspecified atom stereocenters. The first-order chi connectivity index (χ1) is 7.52. The Bertz CT molecular complexity index is 299. The van der Waals surface area contributed by atoms with Crippen molar-refractivity contribution in [1.82, 2.24) is 0 Å². The normalized spacial score (nSPS) is 23.8. The fourth-order valence-corrected chi connectivity index (χ4v) is 2.61. The van der Waals surface area contributed by atoms with Gasteiger partial charge in [0.2, 0.25) is 5.92 Å². The molecule has 1 rings (SSSR count). The number of Topliss-reactive ketones (excluding diaryl/α,β-unsaturated/α-hetero) is 1. The molecule has 0 aromatic carbocycles. The van der Waals surface area contributed by atoms with Crippen LogP contribution in [0.1, 0.15) is 53.4 Å². The lowest BCUT2D eigenvalue weighted by Crippen LogP contribution is -2.54. The molecule has 1 saturated carbocycles. The van der Waals surface area contributed by atoms with E-state index in [-0.39, 0.29) is 37.4 Å². The van der Waals surface area contributed by atoms with Gasteiger partial charge in [-0.3, -0.25) is 4.79 Å². The zero-order valence-electron chi connectivity index (χ0n) is 11.0. The minimum Gasteiger partial charge on any atom is -0.389 e. The lowest BCUT2D eigenvalue weighted by Gasteiger charge is -2.46. The van der Waals surface area contributed by atoms with E-state index in [1.807, 2.05) is 0 Å². The van der Waals surface area contributed by atoms with Crippen LogP contribution in [0.25, 0.3) is 0 Å². The Morgan fingerprint density at radius 3 is 1.94 bits per heavy atom. The van der Waals surface area contributed by atoms with Gasteiger partial charge < -0.3 is 5.11 Å². The summed E-state index contributed by atoms with van der Waals surface area (Å²) in [6.07, 6.45) is -0.687. The van der Waals surface area contributed by atoms with Crippen LogP contribution in [0.15, 0.2) is 0 Å². The zero-order chi connectivity index (χ0) is 13.5. The van der Waals surface area contributed by atoms with Crippen LogP contribution < -0.4 is 0 Å². The van der Waals surface area contributed by atoms with Crippen molar-refractivity contribution in [2.45, 2.75) is 64.9 Å². The monoisotopic (exact) mass is 248 g/mol. The minimum absolute atomic E-state index is 0.00847. The molecule has 17 heavy (non-hydrogen) atoms. The molecule has 1 fully saturated rings. The fourth-order valence-electron chi connectivity index (χ4n) is 2.61. The van der Waals surface area contributed by atoms with Gasteiger partial charge in [-0.1, -0.05) is 27.7 Å². The van der Waals surface area contributed by atoms with E-state index in [4.69, 9.17) is 0 Å². The van der Waals surface area contributed by atoms with Crippen molar-refractivity contribution in [3.8, 4) is 0 Å². The van der Waals surface area contributed by atoms with Crippen molar-refractivity contribution in [2.24, 2.45) is 11.3 Å². The van der Waals surface area contributed by atoms with E-state index in [1.165, 1.54) is 0 Å². The van der Waals surface area contributed by atoms with Crippen LogP contribution in [0, 0.1) is 11.3 Å². The molecule has 0 bridgehead atoms. The van der Waals surface area contributed by atoms with Gasteiger partial charge in [-0.25, -0.2) is 8.78 Å². The lowest BCUT2D eigenvalue weighted by atomic mass is 9.63. The second-order valence-corrected chi connectivity index (χ2v) is 6.03. The van der Waals surface area contributed by atoms with E-state index >= 15 is 0 Å². The molecule has 0 spiro atoms. The van der Waals surface area contributed by atoms with Crippen LogP contribution >= 0.6 is 0 Å². The minimum atomic E-state index is -2.69. The number of aliphatic hydroxyl groups is 1. The average molecular weight is 248 g/mol. The quantitative estimate of drug-likeness (QED) is 0.833. The summed E-state index contributed by atoms with van der Waals surface area (Å²) in [6, 6.07) is 0. The number of rotatable bonds is 3. The van der Waals surface area contributed by atoms with Gasteiger partial charge in [-0.05, 0) is 12.8 Å². The van der Waals surface area contributed by atoms with Crippen LogP contribution in [0.3, 0.4) is 0 Å². The molecule has 2 nitrogen and oxygen atoms in total. The largest absolute Gasteiger partial charge is 0.389 e. The number of hydrogen-bond donors (Lipinski definition) is 1. The molecule has 100 valence electrons. The molecule has 0 saturated heterocycles. The number of carbonyl (C=O) groups excluding carboxylic acids is 1. The van der Waals surface area contributed by atoms with Crippen LogP contribution in [-0.2, 0) is 4.79 Å². The summed E-state index contributed by atoms with van der Waals surface area (Å²) in [4.78, 5) is 12.1. The molecule has 1 aliphatic carbocycles. The highest BCUT2D eigenvalue weighted by Gasteiger charge is 2.53. The first-order valence-corrected chi connectivity index (χ1v) is 6.16. The molecular formula is C13H22F2O2. The summed E-state index contributed by atoms with van der Waals surface area (Å²) in [5.74, 6) is -2.95. The first-order valence-electron chi connectivity index (χ1n) is 6.16. The number of halogens is 2. The Morgan fingerprint density at radius 1 is 1.18 bits per heavy atom. The number of hydrogen-bond acceptors (Lipinski definition) is 2. The second kappa shape index (κ2) is 4.30. The maximum atomic E-state index is 13.1. The van der Waals surface area contributed by atoms with Gasteiger partial charge in [0.25, 0.3) is 0 Å². The lowest BCUT2D eigenvalue weighted by molar-refractivity contribution is -0.168. The van der Waals surface area contributed by atoms with Crippen molar-refractivity contribution in [2.75, 3.05) is 0 Å². The Kier molecular flexibility index (Phi) is 3.68. The smallest absolute Gasteiger partial charge is 0.248 e. The van der Waals surface area contributed by atoms with Crippen molar-refractivity contribution in [1.29, 1.82) is 0 Å². The van der Waals surface area contributed by atoms with Crippen LogP contribution in [-0.4, -0.2) is 22.4 Å². The maximum Gasteiger partial charge on any atom is 0.248 e. The summed E-state index contributed by atoms with van der Waals surface area (Å²) in [6.45, 7) is 6.87. The molecule has 0 heterocycles. The Balaban J connectivity index is 2.88. The molecule has 0 radical (unpaired) electrons. The molecule has 0 atom stereocenters. The third kappa shape index (κ3) is 2.67. The van der Waals surface area contributed by atoms with Crippen molar-refractivity contribution in [3.05, 3.63) is 0 Å². The third-order valence-electron chi connectivity index (χ3n) is 4.11. The first kappa shape index (κ1) is 14.6. The predicted octanol–water partition coefficient (Wildman–Crippen LogP) is 3.18. The number of alkyl halides is 2. The van der Waals surface area contributed by atoms with Crippen LogP contribution in [0.5, 0.6) is 0 Å². The van der Waals surface area contributed by atoms with Gasteiger partial charge in [-0.2, -0.15) is 0 Å². The van der Waals surface area contributed by atoms with E-state index in [0.717, 1.165) is 0 Å². The number of ketones is 1. The topological polar surface area (TPSA) is 37.3 Å². The average Bonchev–Trinajstić information content (AvgIpc) is 2.21. The van der Waals surface area contributed by atoms with E-state index < -0.39 is 16.9 Å². The second-order valence-electron chi connectivity index (χ2n) is 6.03. The van der Waals surface area contributed by atoms with Crippen molar-refractivity contribution >= 4 is 5.78 Å². The van der Waals surface area contributed by atoms with Gasteiger partial charge in [0.1, 0.15) is 5.78 Å². The van der Waals surface area contributed by atoms with Gasteiger partial charge >= 0.3 is 0 Å². The number of carbonyl (C=O) groups is 1. The van der Waals surface area contributed by atoms with E-state index in [9.17, 15) is 18.7 Å². The Morgan fingerprint density at radius 2 is 1.59 bits per heavy atom. The SMILES string of the molecule is CC(C)C(=O)C(C)(C)C1(O)CCC(F)(F)CC1. The molecule has 0 amide bonds. The molecule has 4 heteroatoms. The molecular weight excluding hydrogens is 226 g/mol. The highest BCUT2D eigenvalue weighted by molar-refractivity contribution is 5.87. The van der Waals surface area contributed by atoms with Crippen LogP contribution in [0.4, 0.5) is 8.78 Å². The summed E-state index contributed by atoms with van der Waals surface area (Å²) in [7, 11) is 0. The predicted molar refractivity (Wildman–Crippen MR) is 62.0 cm³/mol. The van der Waals surface area contributed by atoms with Gasteiger partial charge in [0.15, 0.2) is 0 Å². The van der Waals surface area contributed by atoms with Gasteiger partial charge in [0, 0.05) is 18.8 Å². The molecule has 0 aliphatic heterocycles. The summed E-state index contributed by atoms with van der Waals surface area (Å²) >= 11 is 0. The Labute approximate surface area is 101 Å². The van der Waals surface area contributed by atoms with Crippen molar-refractivity contribution in [3.63, 3.8) is 0 Å². The summed E-state index contributed by atoms with van der Waals surface area (Å²) < 4.78 is 26.2. The van der Waals surface area contributed by atoms with Gasteiger partial charge in [-0.15, -0.1) is 0 Å². The van der Waals surface area contributed by atoms with E-state index in [1.54, 1.807) is 27.7 Å². The van der Waals surface area contributed by atoms with Gasteiger partial charge in [0.05, 0.1) is 11.0 Å². The summed E-state index contributed by atoms with van der Waals surface area (Å²) in [5, 5.41) is 10.5. The van der Waals surface area contributed by atoms with E-state index in [0.29, 0.717) is 0 Å². The highest BCUT2D eigenvalue weighted by atomic mass is 19.3. The fraction of sp³-hybridized carbons (Fsp3) is 0.923.